The van der Waals surface area contributed by atoms with E-state index in [-0.39, 0.29) is 12.0 Å². The van der Waals surface area contributed by atoms with Gasteiger partial charge in [0.15, 0.2) is 5.96 Å². The quantitative estimate of drug-likeness (QED) is 0.477. The lowest BCUT2D eigenvalue weighted by Gasteiger charge is -2.26. The molecule has 2 amide bonds. The van der Waals surface area contributed by atoms with E-state index >= 15 is 0 Å². The molecule has 3 rings (SSSR count). The first-order valence-electron chi connectivity index (χ1n) is 11.4. The topological polar surface area (TPSA) is 95.1 Å². The Morgan fingerprint density at radius 2 is 1.87 bits per heavy atom. The summed E-state index contributed by atoms with van der Waals surface area (Å²) in [6.45, 7) is 4.89. The Kier molecular flexibility index (Phi) is 8.55. The third-order valence-corrected chi connectivity index (χ3v) is 5.94. The lowest BCUT2D eigenvalue weighted by molar-refractivity contribution is -0.135. The first kappa shape index (κ1) is 22.9. The number of anilines is 1. The van der Waals surface area contributed by atoms with E-state index in [0.29, 0.717) is 18.1 Å². The fraction of sp³-hybridized carbons (Fsp3) is 0.609. The fourth-order valence-electron chi connectivity index (χ4n) is 4.23. The molecule has 1 atom stereocenters. The van der Waals surface area contributed by atoms with Crippen LogP contribution in [0.3, 0.4) is 0 Å². The standard InChI is InChI=1S/C23H35N5O3/c1-3-24-22(25-15-17-9-11-19(12-10-17)27-23(30)31-2)26-20-13-14-28(16-20)21(29)18-7-5-4-6-8-18/h9-12,18,20H,3-8,13-16H2,1-2H3,(H,27,30)(H2,24,25,26). The minimum absolute atomic E-state index is 0.219. The normalized spacial score (nSPS) is 19.7. The number of hydrogen-bond donors (Lipinski definition) is 3. The molecule has 2 fully saturated rings. The molecule has 0 spiro atoms. The Morgan fingerprint density at radius 3 is 2.55 bits per heavy atom. The fourth-order valence-corrected chi connectivity index (χ4v) is 4.23. The molecule has 170 valence electrons. The number of ether oxygens (including phenoxy) is 1. The summed E-state index contributed by atoms with van der Waals surface area (Å²) in [5.41, 5.74) is 1.71. The van der Waals surface area contributed by atoms with E-state index < -0.39 is 6.09 Å². The zero-order valence-electron chi connectivity index (χ0n) is 18.7. The molecule has 1 unspecified atom stereocenters. The SMILES string of the molecule is CCNC(=NCc1ccc(NC(=O)OC)cc1)NC1CCN(C(=O)C2CCCCC2)C1. The summed E-state index contributed by atoms with van der Waals surface area (Å²) in [4.78, 5) is 30.8. The van der Waals surface area contributed by atoms with Gasteiger partial charge in [0.1, 0.15) is 0 Å². The number of nitrogens with one attached hydrogen (secondary N) is 3. The van der Waals surface area contributed by atoms with Crippen LogP contribution in [0.15, 0.2) is 29.3 Å². The summed E-state index contributed by atoms with van der Waals surface area (Å²) in [6, 6.07) is 7.73. The van der Waals surface area contributed by atoms with Crippen LogP contribution in [0.2, 0.25) is 0 Å². The number of aliphatic imine (C=N–C) groups is 1. The molecule has 1 aliphatic carbocycles. The Labute approximate surface area is 184 Å². The van der Waals surface area contributed by atoms with E-state index in [1.165, 1.54) is 26.4 Å². The summed E-state index contributed by atoms with van der Waals surface area (Å²) in [5, 5.41) is 9.42. The van der Waals surface area contributed by atoms with Gasteiger partial charge in [0, 0.05) is 37.3 Å². The molecule has 1 aromatic rings. The highest BCUT2D eigenvalue weighted by Crippen LogP contribution is 2.26. The smallest absolute Gasteiger partial charge is 0.411 e. The molecule has 0 aromatic heterocycles. The number of carbonyl (C=O) groups is 2. The predicted molar refractivity (Wildman–Crippen MR) is 122 cm³/mol. The number of rotatable bonds is 6. The molecular formula is C23H35N5O3. The summed E-state index contributed by atoms with van der Waals surface area (Å²) >= 11 is 0. The van der Waals surface area contributed by atoms with Crippen molar-refractivity contribution in [2.45, 2.75) is 58.0 Å². The van der Waals surface area contributed by atoms with Gasteiger partial charge in [-0.3, -0.25) is 10.1 Å². The van der Waals surface area contributed by atoms with Crippen LogP contribution in [0.5, 0.6) is 0 Å². The summed E-state index contributed by atoms with van der Waals surface area (Å²) < 4.78 is 4.60. The summed E-state index contributed by atoms with van der Waals surface area (Å²) in [5.74, 6) is 1.33. The average molecular weight is 430 g/mol. The van der Waals surface area contributed by atoms with Gasteiger partial charge in [0.05, 0.1) is 13.7 Å². The number of carbonyl (C=O) groups excluding carboxylic acids is 2. The van der Waals surface area contributed by atoms with Crippen LogP contribution in [-0.4, -0.2) is 55.6 Å². The highest BCUT2D eigenvalue weighted by Gasteiger charge is 2.31. The molecule has 2 aliphatic rings. The van der Waals surface area contributed by atoms with Crippen molar-refractivity contribution >= 4 is 23.6 Å². The molecule has 3 N–H and O–H groups in total. The van der Waals surface area contributed by atoms with E-state index in [2.05, 4.69) is 20.7 Å². The highest BCUT2D eigenvalue weighted by atomic mass is 16.5. The van der Waals surface area contributed by atoms with Crippen molar-refractivity contribution in [2.75, 3.05) is 32.1 Å². The molecule has 1 aromatic carbocycles. The average Bonchev–Trinajstić information content (AvgIpc) is 3.27. The van der Waals surface area contributed by atoms with Crippen molar-refractivity contribution in [3.63, 3.8) is 0 Å². The maximum absolute atomic E-state index is 12.8. The second-order valence-electron chi connectivity index (χ2n) is 8.26. The van der Waals surface area contributed by atoms with Crippen molar-refractivity contribution in [1.29, 1.82) is 0 Å². The van der Waals surface area contributed by atoms with Gasteiger partial charge < -0.3 is 20.3 Å². The highest BCUT2D eigenvalue weighted by molar-refractivity contribution is 5.84. The van der Waals surface area contributed by atoms with Crippen LogP contribution in [0.1, 0.15) is 51.0 Å². The first-order valence-corrected chi connectivity index (χ1v) is 11.4. The van der Waals surface area contributed by atoms with Gasteiger partial charge in [-0.25, -0.2) is 9.79 Å². The number of methoxy groups -OCH3 is 1. The van der Waals surface area contributed by atoms with E-state index in [1.807, 2.05) is 36.1 Å². The van der Waals surface area contributed by atoms with Gasteiger partial charge in [-0.2, -0.15) is 0 Å². The maximum atomic E-state index is 12.8. The molecule has 1 saturated carbocycles. The van der Waals surface area contributed by atoms with Crippen LogP contribution < -0.4 is 16.0 Å². The van der Waals surface area contributed by atoms with Crippen molar-refractivity contribution < 1.29 is 14.3 Å². The molecule has 0 radical (unpaired) electrons. The van der Waals surface area contributed by atoms with Crippen LogP contribution in [0.25, 0.3) is 0 Å². The van der Waals surface area contributed by atoms with Crippen molar-refractivity contribution in [2.24, 2.45) is 10.9 Å². The van der Waals surface area contributed by atoms with Gasteiger partial charge in [0.2, 0.25) is 5.91 Å². The molecule has 1 heterocycles. The second kappa shape index (κ2) is 11.6. The number of likely N-dealkylation sites (tertiary alicyclic amines) is 1. The first-order chi connectivity index (χ1) is 15.1. The Balaban J connectivity index is 1.51. The minimum Gasteiger partial charge on any atom is -0.453 e. The second-order valence-corrected chi connectivity index (χ2v) is 8.26. The number of guanidine groups is 1. The maximum Gasteiger partial charge on any atom is 0.411 e. The molecule has 8 nitrogen and oxygen atoms in total. The Bertz CT molecular complexity index is 759. The third kappa shape index (κ3) is 6.87. The van der Waals surface area contributed by atoms with Crippen molar-refractivity contribution in [3.05, 3.63) is 29.8 Å². The van der Waals surface area contributed by atoms with Crippen LogP contribution in [0.4, 0.5) is 10.5 Å². The van der Waals surface area contributed by atoms with Crippen LogP contribution >= 0.6 is 0 Å². The van der Waals surface area contributed by atoms with Crippen molar-refractivity contribution in [1.82, 2.24) is 15.5 Å². The van der Waals surface area contributed by atoms with Crippen molar-refractivity contribution in [3.8, 4) is 0 Å². The molecule has 1 saturated heterocycles. The molecule has 1 aliphatic heterocycles. The van der Waals surface area contributed by atoms with E-state index in [9.17, 15) is 9.59 Å². The largest absolute Gasteiger partial charge is 0.453 e. The molecule has 8 heteroatoms. The molecule has 31 heavy (non-hydrogen) atoms. The number of nitrogens with zero attached hydrogens (tertiary/aromatic N) is 2. The third-order valence-electron chi connectivity index (χ3n) is 5.94. The summed E-state index contributed by atoms with van der Waals surface area (Å²) in [6.07, 6.45) is 6.18. The van der Waals surface area contributed by atoms with E-state index in [1.54, 1.807) is 0 Å². The van der Waals surface area contributed by atoms with Gasteiger partial charge in [0.25, 0.3) is 0 Å². The number of hydrogen-bond acceptors (Lipinski definition) is 4. The Morgan fingerprint density at radius 1 is 1.13 bits per heavy atom. The monoisotopic (exact) mass is 429 g/mol. The zero-order chi connectivity index (χ0) is 22.1. The zero-order valence-corrected chi connectivity index (χ0v) is 18.7. The number of amides is 2. The van der Waals surface area contributed by atoms with Gasteiger partial charge >= 0.3 is 6.09 Å². The molecule has 0 bridgehead atoms. The van der Waals surface area contributed by atoms with Gasteiger partial charge in [-0.1, -0.05) is 31.4 Å². The van der Waals surface area contributed by atoms with E-state index in [4.69, 9.17) is 4.99 Å². The molecular weight excluding hydrogens is 394 g/mol. The van der Waals surface area contributed by atoms with Crippen LogP contribution in [0, 0.1) is 5.92 Å². The number of benzene rings is 1. The van der Waals surface area contributed by atoms with E-state index in [0.717, 1.165) is 50.4 Å². The van der Waals surface area contributed by atoms with Gasteiger partial charge in [-0.15, -0.1) is 0 Å². The summed E-state index contributed by atoms with van der Waals surface area (Å²) in [7, 11) is 1.34. The lowest BCUT2D eigenvalue weighted by atomic mass is 9.88. The predicted octanol–water partition coefficient (Wildman–Crippen LogP) is 3.10. The lowest BCUT2D eigenvalue weighted by Crippen LogP contribution is -2.45. The van der Waals surface area contributed by atoms with Gasteiger partial charge in [-0.05, 0) is 43.9 Å². The minimum atomic E-state index is -0.489. The van der Waals surface area contributed by atoms with Crippen LogP contribution in [-0.2, 0) is 16.1 Å². The Hall–Kier alpha value is -2.77.